The largest absolute Gasteiger partial charge is 0.355 e. The first-order valence-electron chi connectivity index (χ1n) is 8.32. The lowest BCUT2D eigenvalue weighted by molar-refractivity contribution is 0.0949. The molecule has 0 saturated heterocycles. The van der Waals surface area contributed by atoms with Crippen LogP contribution in [0.3, 0.4) is 0 Å². The van der Waals surface area contributed by atoms with Crippen LogP contribution in [0.2, 0.25) is 0 Å². The van der Waals surface area contributed by atoms with E-state index in [1.54, 1.807) is 12.3 Å². The third-order valence-electron chi connectivity index (χ3n) is 3.84. The van der Waals surface area contributed by atoms with Crippen LogP contribution in [-0.2, 0) is 6.42 Å². The summed E-state index contributed by atoms with van der Waals surface area (Å²) in [6, 6.07) is 21.8. The number of aromatic nitrogens is 1. The van der Waals surface area contributed by atoms with Crippen LogP contribution in [0.1, 0.15) is 21.6 Å². The van der Waals surface area contributed by atoms with Crippen LogP contribution < -0.4 is 10.6 Å². The Labute approximate surface area is 147 Å². The molecule has 4 nitrogen and oxygen atoms in total. The molecular weight excluding hydrogens is 310 g/mol. The molecule has 25 heavy (non-hydrogen) atoms. The Hall–Kier alpha value is -3.14. The number of anilines is 2. The van der Waals surface area contributed by atoms with Crippen molar-refractivity contribution in [2.45, 2.75) is 13.3 Å². The van der Waals surface area contributed by atoms with Gasteiger partial charge in [0.25, 0.3) is 5.91 Å². The van der Waals surface area contributed by atoms with Crippen LogP contribution in [0.5, 0.6) is 0 Å². The van der Waals surface area contributed by atoms with Gasteiger partial charge in [-0.15, -0.1) is 0 Å². The van der Waals surface area contributed by atoms with Gasteiger partial charge in [-0.3, -0.25) is 9.78 Å². The molecule has 0 spiro atoms. The number of carbonyl (C=O) groups is 1. The van der Waals surface area contributed by atoms with Crippen molar-refractivity contribution in [2.24, 2.45) is 0 Å². The fourth-order valence-corrected chi connectivity index (χ4v) is 2.58. The average Bonchev–Trinajstić information content (AvgIpc) is 2.63. The number of carbonyl (C=O) groups excluding carboxylic acids is 1. The maximum Gasteiger partial charge on any atom is 0.269 e. The fraction of sp³-hybridized carbons (Fsp3) is 0.143. The Morgan fingerprint density at radius 3 is 2.56 bits per heavy atom. The molecule has 0 aliphatic heterocycles. The Morgan fingerprint density at radius 2 is 1.76 bits per heavy atom. The second kappa shape index (κ2) is 8.11. The molecule has 4 heteroatoms. The summed E-state index contributed by atoms with van der Waals surface area (Å²) in [5.74, 6) is -0.163. The topological polar surface area (TPSA) is 54.0 Å². The van der Waals surface area contributed by atoms with E-state index in [0.717, 1.165) is 17.8 Å². The molecule has 3 rings (SSSR count). The molecule has 0 aliphatic rings. The second-order valence-corrected chi connectivity index (χ2v) is 5.92. The van der Waals surface area contributed by atoms with Gasteiger partial charge in [-0.2, -0.15) is 0 Å². The van der Waals surface area contributed by atoms with Crippen molar-refractivity contribution in [3.63, 3.8) is 0 Å². The van der Waals surface area contributed by atoms with Gasteiger partial charge in [-0.05, 0) is 48.7 Å². The molecule has 0 atom stereocenters. The van der Waals surface area contributed by atoms with E-state index < -0.39 is 0 Å². The van der Waals surface area contributed by atoms with E-state index >= 15 is 0 Å². The summed E-state index contributed by atoms with van der Waals surface area (Å²) >= 11 is 0. The summed E-state index contributed by atoms with van der Waals surface area (Å²) in [6.45, 7) is 2.63. The van der Waals surface area contributed by atoms with E-state index in [2.05, 4.69) is 33.8 Å². The highest BCUT2D eigenvalue weighted by Crippen LogP contribution is 2.17. The minimum atomic E-state index is -0.163. The number of amides is 1. The van der Waals surface area contributed by atoms with Gasteiger partial charge < -0.3 is 10.6 Å². The number of pyridine rings is 1. The van der Waals surface area contributed by atoms with Crippen LogP contribution in [0.25, 0.3) is 0 Å². The average molecular weight is 331 g/mol. The van der Waals surface area contributed by atoms with Crippen molar-refractivity contribution in [1.82, 2.24) is 10.3 Å². The van der Waals surface area contributed by atoms with Crippen molar-refractivity contribution in [3.8, 4) is 0 Å². The predicted molar refractivity (Wildman–Crippen MR) is 101 cm³/mol. The maximum absolute atomic E-state index is 12.3. The number of nitrogens with zero attached hydrogens (tertiary/aromatic N) is 1. The van der Waals surface area contributed by atoms with E-state index in [0.29, 0.717) is 12.2 Å². The van der Waals surface area contributed by atoms with Gasteiger partial charge in [-0.25, -0.2) is 0 Å². The minimum absolute atomic E-state index is 0.163. The summed E-state index contributed by atoms with van der Waals surface area (Å²) in [7, 11) is 0. The third-order valence-corrected chi connectivity index (χ3v) is 3.84. The fourth-order valence-electron chi connectivity index (χ4n) is 2.58. The molecule has 0 aliphatic carbocycles. The first kappa shape index (κ1) is 16.7. The van der Waals surface area contributed by atoms with Crippen molar-refractivity contribution in [2.75, 3.05) is 11.9 Å². The minimum Gasteiger partial charge on any atom is -0.355 e. The van der Waals surface area contributed by atoms with Crippen molar-refractivity contribution >= 4 is 17.3 Å². The molecule has 126 valence electrons. The molecule has 1 amide bonds. The van der Waals surface area contributed by atoms with E-state index in [1.807, 2.05) is 49.4 Å². The lowest BCUT2D eigenvalue weighted by atomic mass is 10.1. The summed E-state index contributed by atoms with van der Waals surface area (Å²) in [6.07, 6.45) is 2.44. The Bertz CT molecular complexity index is 847. The zero-order valence-electron chi connectivity index (χ0n) is 14.2. The quantitative estimate of drug-likeness (QED) is 0.715. The standard InChI is InChI=1S/C21H21N3O/c1-16-6-5-9-18(14-16)24-19-11-13-22-20(15-19)21(25)23-12-10-17-7-3-2-4-8-17/h2-9,11,13-15H,10,12H2,1H3,(H,22,24)(H,23,25). The number of hydrogen-bond donors (Lipinski definition) is 2. The van der Waals surface area contributed by atoms with Crippen LogP contribution in [0, 0.1) is 6.92 Å². The highest BCUT2D eigenvalue weighted by Gasteiger charge is 2.07. The number of hydrogen-bond acceptors (Lipinski definition) is 3. The SMILES string of the molecule is Cc1cccc(Nc2ccnc(C(=O)NCCc3ccccc3)c2)c1. The zero-order chi connectivity index (χ0) is 17.5. The summed E-state index contributed by atoms with van der Waals surface area (Å²) in [4.78, 5) is 16.5. The Morgan fingerprint density at radius 1 is 0.960 bits per heavy atom. The summed E-state index contributed by atoms with van der Waals surface area (Å²) in [5, 5.41) is 6.22. The van der Waals surface area contributed by atoms with Crippen LogP contribution in [0.15, 0.2) is 72.9 Å². The smallest absolute Gasteiger partial charge is 0.269 e. The van der Waals surface area contributed by atoms with Gasteiger partial charge in [0, 0.05) is 24.1 Å². The predicted octanol–water partition coefficient (Wildman–Crippen LogP) is 4.11. The molecule has 0 unspecified atom stereocenters. The van der Waals surface area contributed by atoms with Gasteiger partial charge in [0.2, 0.25) is 0 Å². The zero-order valence-corrected chi connectivity index (χ0v) is 14.2. The highest BCUT2D eigenvalue weighted by molar-refractivity contribution is 5.93. The van der Waals surface area contributed by atoms with Gasteiger partial charge in [0.1, 0.15) is 5.69 Å². The van der Waals surface area contributed by atoms with Crippen LogP contribution in [-0.4, -0.2) is 17.4 Å². The Balaban J connectivity index is 1.59. The molecule has 2 N–H and O–H groups in total. The highest BCUT2D eigenvalue weighted by atomic mass is 16.1. The van der Waals surface area contributed by atoms with E-state index in [-0.39, 0.29) is 5.91 Å². The third kappa shape index (κ3) is 4.91. The second-order valence-electron chi connectivity index (χ2n) is 5.92. The molecule has 0 saturated carbocycles. The molecule has 0 bridgehead atoms. The van der Waals surface area contributed by atoms with E-state index in [9.17, 15) is 4.79 Å². The molecule has 0 fully saturated rings. The monoisotopic (exact) mass is 331 g/mol. The summed E-state index contributed by atoms with van der Waals surface area (Å²) in [5.41, 5.74) is 4.62. The maximum atomic E-state index is 12.3. The Kier molecular flexibility index (Phi) is 5.42. The van der Waals surface area contributed by atoms with Crippen LogP contribution in [0.4, 0.5) is 11.4 Å². The van der Waals surface area contributed by atoms with Crippen LogP contribution >= 0.6 is 0 Å². The van der Waals surface area contributed by atoms with Crippen molar-refractivity contribution in [3.05, 3.63) is 89.7 Å². The lowest BCUT2D eigenvalue weighted by Gasteiger charge is -2.09. The molecule has 3 aromatic rings. The van der Waals surface area contributed by atoms with Gasteiger partial charge in [0.05, 0.1) is 0 Å². The van der Waals surface area contributed by atoms with Gasteiger partial charge in [-0.1, -0.05) is 42.5 Å². The first-order chi connectivity index (χ1) is 12.2. The van der Waals surface area contributed by atoms with Gasteiger partial charge in [0.15, 0.2) is 0 Å². The van der Waals surface area contributed by atoms with Gasteiger partial charge >= 0.3 is 0 Å². The van der Waals surface area contributed by atoms with E-state index in [1.165, 1.54) is 11.1 Å². The normalized spacial score (nSPS) is 10.3. The lowest BCUT2D eigenvalue weighted by Crippen LogP contribution is -2.26. The number of nitrogens with one attached hydrogen (secondary N) is 2. The van der Waals surface area contributed by atoms with E-state index in [4.69, 9.17) is 0 Å². The molecule has 0 radical (unpaired) electrons. The molecule has 1 heterocycles. The van der Waals surface area contributed by atoms with Crippen molar-refractivity contribution in [1.29, 1.82) is 0 Å². The molecule has 1 aromatic heterocycles. The number of aryl methyl sites for hydroxylation is 1. The number of benzene rings is 2. The molecular formula is C21H21N3O. The van der Waals surface area contributed by atoms with Crippen molar-refractivity contribution < 1.29 is 4.79 Å². The summed E-state index contributed by atoms with van der Waals surface area (Å²) < 4.78 is 0. The first-order valence-corrected chi connectivity index (χ1v) is 8.32. The molecule has 2 aromatic carbocycles. The number of rotatable bonds is 6.